The van der Waals surface area contributed by atoms with E-state index in [0.717, 1.165) is 10.2 Å². The Bertz CT molecular complexity index is 592. The highest BCUT2D eigenvalue weighted by Crippen LogP contribution is 2.30. The molecular weight excluding hydrogens is 333 g/mol. The minimum atomic E-state index is -0.351. The van der Waals surface area contributed by atoms with Gasteiger partial charge in [0.1, 0.15) is 0 Å². The minimum Gasteiger partial charge on any atom is -0.494 e. The average molecular weight is 345 g/mol. The van der Waals surface area contributed by atoms with Crippen LogP contribution in [0.25, 0.3) is 0 Å². The second kappa shape index (κ2) is 6.26. The van der Waals surface area contributed by atoms with E-state index in [2.05, 4.69) is 21.2 Å². The molecule has 2 aromatic rings. The van der Waals surface area contributed by atoms with E-state index < -0.39 is 0 Å². The molecule has 0 bridgehead atoms. The van der Waals surface area contributed by atoms with E-state index >= 15 is 0 Å². The molecule has 0 saturated carbocycles. The van der Waals surface area contributed by atoms with Crippen molar-refractivity contribution in [3.8, 4) is 5.75 Å². The van der Waals surface area contributed by atoms with Gasteiger partial charge in [-0.1, -0.05) is 29.8 Å². The molecule has 2 rings (SSSR count). The summed E-state index contributed by atoms with van der Waals surface area (Å²) in [5, 5.41) is 3.74. The first-order chi connectivity index (χ1) is 9.13. The van der Waals surface area contributed by atoms with Gasteiger partial charge in [0.2, 0.25) is 0 Å². The minimum absolute atomic E-state index is 0.240. The number of methoxy groups -OCH3 is 1. The van der Waals surface area contributed by atoms with Gasteiger partial charge in [0.15, 0.2) is 11.6 Å². The largest absolute Gasteiger partial charge is 0.494 e. The summed E-state index contributed by atoms with van der Waals surface area (Å²) in [6.07, 6.45) is 0. The number of rotatable bonds is 4. The molecule has 0 heterocycles. The van der Waals surface area contributed by atoms with Gasteiger partial charge in [-0.15, -0.1) is 0 Å². The fourth-order valence-corrected chi connectivity index (χ4v) is 2.26. The van der Waals surface area contributed by atoms with Gasteiger partial charge < -0.3 is 10.1 Å². The highest BCUT2D eigenvalue weighted by atomic mass is 79.9. The Hall–Kier alpha value is -1.26. The van der Waals surface area contributed by atoms with Gasteiger partial charge in [0.05, 0.1) is 22.3 Å². The molecule has 0 spiro atoms. The molecular formula is C14H12BrClFNO. The summed E-state index contributed by atoms with van der Waals surface area (Å²) in [5.74, 6) is -0.111. The fraction of sp³-hybridized carbons (Fsp3) is 0.143. The Kier molecular flexibility index (Phi) is 4.66. The molecule has 0 saturated heterocycles. The second-order valence-electron chi connectivity index (χ2n) is 3.89. The third kappa shape index (κ3) is 3.19. The average Bonchev–Trinajstić information content (AvgIpc) is 2.42. The molecule has 0 amide bonds. The van der Waals surface area contributed by atoms with Crippen LogP contribution in [0.2, 0.25) is 5.02 Å². The lowest BCUT2D eigenvalue weighted by Gasteiger charge is -2.11. The summed E-state index contributed by atoms with van der Waals surface area (Å²) in [5.41, 5.74) is 1.35. The maximum absolute atomic E-state index is 14.0. The molecule has 0 radical (unpaired) electrons. The molecule has 1 N–H and O–H groups in total. The maximum atomic E-state index is 14.0. The van der Waals surface area contributed by atoms with Gasteiger partial charge in [0.25, 0.3) is 0 Å². The van der Waals surface area contributed by atoms with Gasteiger partial charge in [-0.05, 0) is 34.1 Å². The van der Waals surface area contributed by atoms with Crippen molar-refractivity contribution in [2.45, 2.75) is 6.54 Å². The smallest absolute Gasteiger partial charge is 0.170 e. The van der Waals surface area contributed by atoms with Gasteiger partial charge >= 0.3 is 0 Å². The molecule has 0 unspecified atom stereocenters. The molecule has 2 nitrogen and oxygen atoms in total. The molecule has 0 aliphatic rings. The summed E-state index contributed by atoms with van der Waals surface area (Å²) in [6, 6.07) is 10.5. The monoisotopic (exact) mass is 343 g/mol. The number of benzene rings is 2. The van der Waals surface area contributed by atoms with Gasteiger partial charge in [-0.3, -0.25) is 0 Å². The molecule has 0 fully saturated rings. The van der Waals surface area contributed by atoms with Crippen LogP contribution in [0.5, 0.6) is 5.75 Å². The van der Waals surface area contributed by atoms with Crippen molar-refractivity contribution in [2.75, 3.05) is 12.4 Å². The number of anilines is 1. The van der Waals surface area contributed by atoms with Crippen LogP contribution in [0.1, 0.15) is 5.56 Å². The van der Waals surface area contributed by atoms with Crippen molar-refractivity contribution in [1.82, 2.24) is 0 Å². The maximum Gasteiger partial charge on any atom is 0.170 e. The second-order valence-corrected chi connectivity index (χ2v) is 5.09. The van der Waals surface area contributed by atoms with E-state index in [-0.39, 0.29) is 11.6 Å². The van der Waals surface area contributed by atoms with Crippen molar-refractivity contribution in [3.63, 3.8) is 0 Å². The molecule has 19 heavy (non-hydrogen) atoms. The van der Waals surface area contributed by atoms with Crippen LogP contribution in [0.3, 0.4) is 0 Å². The quantitative estimate of drug-likeness (QED) is 0.855. The van der Waals surface area contributed by atoms with Crippen molar-refractivity contribution in [3.05, 3.63) is 57.3 Å². The highest BCUT2D eigenvalue weighted by molar-refractivity contribution is 9.10. The Morgan fingerprint density at radius 2 is 2.00 bits per heavy atom. The van der Waals surface area contributed by atoms with Gasteiger partial charge in [0, 0.05) is 12.1 Å². The lowest BCUT2D eigenvalue weighted by molar-refractivity contribution is 0.384. The third-order valence-electron chi connectivity index (χ3n) is 2.68. The standard InChI is InChI=1S/C14H12BrClFNO/c1-19-12-7-2-4-9(14(12)17)8-18-11-6-3-5-10(16)13(11)15/h2-7,18H,8H2,1H3. The molecule has 5 heteroatoms. The topological polar surface area (TPSA) is 21.3 Å². The van der Waals surface area contributed by atoms with Crippen LogP contribution in [0, 0.1) is 5.82 Å². The Morgan fingerprint density at radius 1 is 1.26 bits per heavy atom. The predicted molar refractivity (Wildman–Crippen MR) is 79.4 cm³/mol. The van der Waals surface area contributed by atoms with Crippen molar-refractivity contribution >= 4 is 33.2 Å². The lowest BCUT2D eigenvalue weighted by Crippen LogP contribution is -2.03. The van der Waals surface area contributed by atoms with Crippen LogP contribution in [-0.2, 0) is 6.54 Å². The van der Waals surface area contributed by atoms with E-state index in [1.54, 1.807) is 24.3 Å². The Morgan fingerprint density at radius 3 is 2.74 bits per heavy atom. The molecule has 0 aliphatic carbocycles. The zero-order valence-electron chi connectivity index (χ0n) is 10.2. The Balaban J connectivity index is 2.17. The summed E-state index contributed by atoms with van der Waals surface area (Å²) >= 11 is 9.38. The molecule has 0 aromatic heterocycles. The van der Waals surface area contributed by atoms with Gasteiger partial charge in [-0.2, -0.15) is 0 Å². The van der Waals surface area contributed by atoms with Crippen LogP contribution in [0.4, 0.5) is 10.1 Å². The van der Waals surface area contributed by atoms with Crippen molar-refractivity contribution in [1.29, 1.82) is 0 Å². The highest BCUT2D eigenvalue weighted by Gasteiger charge is 2.09. The Labute approximate surface area is 124 Å². The summed E-state index contributed by atoms with van der Waals surface area (Å²) in [7, 11) is 1.45. The number of hydrogen-bond acceptors (Lipinski definition) is 2. The summed E-state index contributed by atoms with van der Waals surface area (Å²) in [4.78, 5) is 0. The van der Waals surface area contributed by atoms with E-state index in [4.69, 9.17) is 16.3 Å². The molecule has 2 aromatic carbocycles. The fourth-order valence-electron chi connectivity index (χ4n) is 1.68. The third-order valence-corrected chi connectivity index (χ3v) is 4.08. The van der Waals surface area contributed by atoms with Crippen LogP contribution in [0.15, 0.2) is 40.9 Å². The van der Waals surface area contributed by atoms with Crippen LogP contribution >= 0.6 is 27.5 Å². The summed E-state index contributed by atoms with van der Waals surface area (Å²) in [6.45, 7) is 0.349. The number of hydrogen-bond donors (Lipinski definition) is 1. The first kappa shape index (κ1) is 14.2. The summed E-state index contributed by atoms with van der Waals surface area (Å²) < 4.78 is 19.7. The number of nitrogens with one attached hydrogen (secondary N) is 1. The molecule has 0 atom stereocenters. The van der Waals surface area contributed by atoms with Crippen molar-refractivity contribution in [2.24, 2.45) is 0 Å². The van der Waals surface area contributed by atoms with E-state index in [1.807, 2.05) is 12.1 Å². The number of ether oxygens (including phenoxy) is 1. The molecule has 0 aliphatic heterocycles. The zero-order chi connectivity index (χ0) is 13.8. The zero-order valence-corrected chi connectivity index (χ0v) is 12.6. The SMILES string of the molecule is COc1cccc(CNc2cccc(Cl)c2Br)c1F. The lowest BCUT2D eigenvalue weighted by atomic mass is 10.2. The number of halogens is 3. The van der Waals surface area contributed by atoms with Crippen LogP contribution in [-0.4, -0.2) is 7.11 Å². The van der Waals surface area contributed by atoms with E-state index in [1.165, 1.54) is 7.11 Å². The van der Waals surface area contributed by atoms with E-state index in [0.29, 0.717) is 17.1 Å². The predicted octanol–water partition coefficient (Wildman–Crippen LogP) is 4.86. The normalized spacial score (nSPS) is 10.3. The first-order valence-electron chi connectivity index (χ1n) is 5.62. The first-order valence-corrected chi connectivity index (χ1v) is 6.80. The molecule has 100 valence electrons. The van der Waals surface area contributed by atoms with Crippen LogP contribution < -0.4 is 10.1 Å². The van der Waals surface area contributed by atoms with E-state index in [9.17, 15) is 4.39 Å². The van der Waals surface area contributed by atoms with Gasteiger partial charge in [-0.25, -0.2) is 4.39 Å². The van der Waals surface area contributed by atoms with Crippen molar-refractivity contribution < 1.29 is 9.13 Å².